The van der Waals surface area contributed by atoms with Crippen molar-refractivity contribution in [3.63, 3.8) is 0 Å². The Hall–Kier alpha value is -3.78. The molecule has 1 aliphatic heterocycles. The van der Waals surface area contributed by atoms with Gasteiger partial charge in [0.25, 0.3) is 11.1 Å². The van der Waals surface area contributed by atoms with Crippen molar-refractivity contribution in [1.29, 1.82) is 0 Å². The summed E-state index contributed by atoms with van der Waals surface area (Å²) in [6.45, 7) is -0.368. The fourth-order valence-corrected chi connectivity index (χ4v) is 4.21. The van der Waals surface area contributed by atoms with Crippen LogP contribution in [-0.2, 0) is 9.59 Å². The molecular formula is C24H20N2O5S. The van der Waals surface area contributed by atoms with E-state index in [0.717, 1.165) is 27.4 Å². The molecule has 1 aliphatic rings. The fraction of sp³-hybridized carbons (Fsp3) is 0.125. The summed E-state index contributed by atoms with van der Waals surface area (Å²) < 4.78 is 10.5. The van der Waals surface area contributed by atoms with Gasteiger partial charge in [-0.25, -0.2) is 0 Å². The molecule has 162 valence electrons. The highest BCUT2D eigenvalue weighted by Gasteiger charge is 2.36. The van der Waals surface area contributed by atoms with Crippen LogP contribution in [0.3, 0.4) is 0 Å². The van der Waals surface area contributed by atoms with E-state index in [9.17, 15) is 14.4 Å². The van der Waals surface area contributed by atoms with Crippen LogP contribution in [0.5, 0.6) is 11.5 Å². The molecule has 8 heteroatoms. The normalized spacial score (nSPS) is 14.8. The van der Waals surface area contributed by atoms with Crippen LogP contribution in [0.4, 0.5) is 10.5 Å². The fourth-order valence-electron chi connectivity index (χ4n) is 3.37. The molecule has 32 heavy (non-hydrogen) atoms. The summed E-state index contributed by atoms with van der Waals surface area (Å²) in [7, 11) is 3.06. The molecule has 3 amide bonds. The number of ether oxygens (including phenoxy) is 2. The van der Waals surface area contributed by atoms with Gasteiger partial charge in [0.1, 0.15) is 18.0 Å². The number of benzene rings is 3. The minimum Gasteiger partial charge on any atom is -0.497 e. The second-order valence-corrected chi connectivity index (χ2v) is 7.98. The van der Waals surface area contributed by atoms with Crippen molar-refractivity contribution in [2.75, 3.05) is 26.1 Å². The molecule has 0 atom stereocenters. The van der Waals surface area contributed by atoms with Gasteiger partial charge < -0.3 is 14.8 Å². The first-order chi connectivity index (χ1) is 15.5. The van der Waals surface area contributed by atoms with Gasteiger partial charge in [0, 0.05) is 17.1 Å². The number of fused-ring (bicyclic) bond motifs is 1. The van der Waals surface area contributed by atoms with Crippen molar-refractivity contribution >= 4 is 51.4 Å². The number of methoxy groups -OCH3 is 2. The first kappa shape index (κ1) is 21.5. The van der Waals surface area contributed by atoms with Crippen LogP contribution in [0.15, 0.2) is 65.6 Å². The van der Waals surface area contributed by atoms with Crippen LogP contribution >= 0.6 is 11.8 Å². The van der Waals surface area contributed by atoms with Crippen LogP contribution in [-0.4, -0.2) is 42.7 Å². The Morgan fingerprint density at radius 2 is 1.69 bits per heavy atom. The van der Waals surface area contributed by atoms with E-state index in [0.29, 0.717) is 22.7 Å². The van der Waals surface area contributed by atoms with E-state index in [1.54, 1.807) is 30.3 Å². The maximum atomic E-state index is 12.8. The van der Waals surface area contributed by atoms with E-state index >= 15 is 0 Å². The molecule has 1 heterocycles. The molecule has 3 aromatic rings. The largest absolute Gasteiger partial charge is 0.497 e. The topological polar surface area (TPSA) is 84.9 Å². The number of thioether (sulfide) groups is 1. The summed E-state index contributed by atoms with van der Waals surface area (Å²) >= 11 is 0.791. The maximum absolute atomic E-state index is 12.8. The smallest absolute Gasteiger partial charge is 0.294 e. The molecular weight excluding hydrogens is 428 g/mol. The van der Waals surface area contributed by atoms with Crippen LogP contribution in [0.25, 0.3) is 16.8 Å². The van der Waals surface area contributed by atoms with E-state index in [-0.39, 0.29) is 11.4 Å². The lowest BCUT2D eigenvalue weighted by Crippen LogP contribution is -2.36. The molecule has 1 N–H and O–H groups in total. The molecule has 4 rings (SSSR count). The van der Waals surface area contributed by atoms with Crippen LogP contribution in [0.2, 0.25) is 0 Å². The van der Waals surface area contributed by atoms with Crippen LogP contribution < -0.4 is 14.8 Å². The highest BCUT2D eigenvalue weighted by molar-refractivity contribution is 8.18. The van der Waals surface area contributed by atoms with Crippen molar-refractivity contribution in [3.8, 4) is 11.5 Å². The van der Waals surface area contributed by atoms with Gasteiger partial charge in [-0.3, -0.25) is 19.3 Å². The Balaban J connectivity index is 1.51. The minimum atomic E-state index is -0.519. The van der Waals surface area contributed by atoms with Gasteiger partial charge in [-0.1, -0.05) is 36.4 Å². The molecule has 0 saturated carbocycles. The van der Waals surface area contributed by atoms with Gasteiger partial charge in [-0.15, -0.1) is 0 Å². The van der Waals surface area contributed by atoms with Crippen molar-refractivity contribution in [1.82, 2.24) is 4.90 Å². The molecule has 0 radical (unpaired) electrons. The Morgan fingerprint density at radius 1 is 1.00 bits per heavy atom. The zero-order valence-corrected chi connectivity index (χ0v) is 18.3. The zero-order chi connectivity index (χ0) is 22.7. The third kappa shape index (κ3) is 4.45. The Morgan fingerprint density at radius 3 is 2.41 bits per heavy atom. The summed E-state index contributed by atoms with van der Waals surface area (Å²) in [5.41, 5.74) is 1.27. The number of anilines is 1. The highest BCUT2D eigenvalue weighted by atomic mass is 32.2. The zero-order valence-electron chi connectivity index (χ0n) is 17.5. The highest BCUT2D eigenvalue weighted by Crippen LogP contribution is 2.34. The van der Waals surface area contributed by atoms with Crippen molar-refractivity contribution in [2.24, 2.45) is 0 Å². The van der Waals surface area contributed by atoms with Gasteiger partial charge in [0.15, 0.2) is 0 Å². The predicted octanol–water partition coefficient (Wildman–Crippen LogP) is 4.53. The number of nitrogens with zero attached hydrogens (tertiary/aromatic N) is 1. The lowest BCUT2D eigenvalue weighted by atomic mass is 10.1. The Kier molecular flexibility index (Phi) is 6.13. The van der Waals surface area contributed by atoms with E-state index < -0.39 is 17.1 Å². The molecule has 1 saturated heterocycles. The number of hydrogen-bond acceptors (Lipinski definition) is 6. The summed E-state index contributed by atoms with van der Waals surface area (Å²) in [6, 6.07) is 18.4. The SMILES string of the molecule is COc1cc(/C=C2/SC(=O)N(CC(=O)Nc3cccc4ccccc34)C2=O)cc(OC)c1. The van der Waals surface area contributed by atoms with Crippen molar-refractivity contribution in [2.45, 2.75) is 0 Å². The summed E-state index contributed by atoms with van der Waals surface area (Å²) in [4.78, 5) is 39.0. The number of carbonyl (C=O) groups is 3. The Labute approximate surface area is 189 Å². The van der Waals surface area contributed by atoms with Gasteiger partial charge in [0.05, 0.1) is 19.1 Å². The average Bonchev–Trinajstić information content (AvgIpc) is 3.06. The lowest BCUT2D eigenvalue weighted by molar-refractivity contribution is -0.127. The quantitative estimate of drug-likeness (QED) is 0.558. The first-order valence-corrected chi connectivity index (χ1v) is 10.6. The van der Waals surface area contributed by atoms with E-state index in [1.165, 1.54) is 14.2 Å². The number of imide groups is 1. The minimum absolute atomic E-state index is 0.225. The number of nitrogens with one attached hydrogen (secondary N) is 1. The van der Waals surface area contributed by atoms with Gasteiger partial charge in [0.2, 0.25) is 5.91 Å². The third-order valence-corrected chi connectivity index (χ3v) is 5.82. The molecule has 0 spiro atoms. The second-order valence-electron chi connectivity index (χ2n) is 6.99. The van der Waals surface area contributed by atoms with E-state index in [2.05, 4.69) is 5.32 Å². The molecule has 0 aromatic heterocycles. The van der Waals surface area contributed by atoms with Crippen LogP contribution in [0, 0.1) is 0 Å². The van der Waals surface area contributed by atoms with E-state index in [4.69, 9.17) is 9.47 Å². The molecule has 3 aromatic carbocycles. The van der Waals surface area contributed by atoms with Gasteiger partial charge in [-0.2, -0.15) is 0 Å². The summed E-state index contributed by atoms with van der Waals surface area (Å²) in [5.74, 6) is 0.149. The summed E-state index contributed by atoms with van der Waals surface area (Å²) in [5, 5.41) is 4.16. The number of rotatable bonds is 6. The number of amides is 3. The second kappa shape index (κ2) is 9.15. The summed E-state index contributed by atoms with van der Waals surface area (Å²) in [6.07, 6.45) is 1.58. The third-order valence-electron chi connectivity index (χ3n) is 4.91. The average molecular weight is 449 g/mol. The molecule has 0 aliphatic carbocycles. The predicted molar refractivity (Wildman–Crippen MR) is 125 cm³/mol. The van der Waals surface area contributed by atoms with Gasteiger partial charge in [-0.05, 0) is 47.0 Å². The van der Waals surface area contributed by atoms with E-state index in [1.807, 2.05) is 36.4 Å². The molecule has 0 unspecified atom stereocenters. The van der Waals surface area contributed by atoms with Crippen molar-refractivity contribution < 1.29 is 23.9 Å². The van der Waals surface area contributed by atoms with Crippen molar-refractivity contribution in [3.05, 3.63) is 71.1 Å². The lowest BCUT2D eigenvalue weighted by Gasteiger charge is -2.13. The Bertz CT molecular complexity index is 1230. The first-order valence-electron chi connectivity index (χ1n) is 9.74. The maximum Gasteiger partial charge on any atom is 0.294 e. The molecule has 1 fully saturated rings. The standard InChI is InChI=1S/C24H20N2O5S/c1-30-17-10-15(11-18(13-17)31-2)12-21-23(28)26(24(29)32-21)14-22(27)25-20-9-5-7-16-6-3-4-8-19(16)20/h3-13H,14H2,1-2H3,(H,25,27)/b21-12+. The monoisotopic (exact) mass is 448 g/mol. The van der Waals surface area contributed by atoms with Gasteiger partial charge >= 0.3 is 0 Å². The number of carbonyl (C=O) groups excluding carboxylic acids is 3. The van der Waals surface area contributed by atoms with Crippen LogP contribution in [0.1, 0.15) is 5.56 Å². The number of hydrogen-bond donors (Lipinski definition) is 1. The molecule has 0 bridgehead atoms. The molecule has 7 nitrogen and oxygen atoms in total.